The normalized spacial score (nSPS) is 13.2. The molecule has 4 N–H and O–H groups in total. The number of ether oxygens (including phenoxy) is 3. The van der Waals surface area contributed by atoms with E-state index in [4.69, 9.17) is 14.2 Å². The lowest BCUT2D eigenvalue weighted by molar-refractivity contribution is -0.214. The van der Waals surface area contributed by atoms with Crippen molar-refractivity contribution in [2.45, 2.75) is 91.0 Å². The van der Waals surface area contributed by atoms with Gasteiger partial charge in [-0.15, -0.1) is 0 Å². The molecule has 0 spiro atoms. The van der Waals surface area contributed by atoms with Crippen molar-refractivity contribution in [2.24, 2.45) is 5.92 Å². The van der Waals surface area contributed by atoms with Gasteiger partial charge in [0, 0.05) is 61.5 Å². The van der Waals surface area contributed by atoms with Gasteiger partial charge in [0.2, 0.25) is 11.9 Å². The molecule has 0 aliphatic carbocycles. The van der Waals surface area contributed by atoms with Gasteiger partial charge >= 0.3 is 5.97 Å². The fourth-order valence-corrected chi connectivity index (χ4v) is 5.58. The number of imide groups is 1. The Bertz CT molecular complexity index is 2100. The molecule has 0 radical (unpaired) electrons. The number of nitrogens with one attached hydrogen (secondary N) is 4. The number of carbonyl (C=O) groups excluding carboxylic acids is 7. The van der Waals surface area contributed by atoms with E-state index in [9.17, 15) is 38.4 Å². The van der Waals surface area contributed by atoms with E-state index in [1.54, 1.807) is 52.0 Å². The molecule has 1 aliphatic rings. The van der Waals surface area contributed by atoms with Crippen LogP contribution in [0, 0.1) is 5.92 Å². The van der Waals surface area contributed by atoms with Crippen molar-refractivity contribution in [3.63, 3.8) is 0 Å². The molecular formula is C40H50N8O11. The van der Waals surface area contributed by atoms with Crippen LogP contribution in [0.3, 0.4) is 0 Å². The smallest absolute Gasteiger partial charge is 0.328 e. The summed E-state index contributed by atoms with van der Waals surface area (Å²) in [5.74, 6) is -3.89. The number of aromatic nitrogens is 4. The van der Waals surface area contributed by atoms with Gasteiger partial charge in [0.05, 0.1) is 38.8 Å². The predicted molar refractivity (Wildman–Crippen MR) is 213 cm³/mol. The minimum Gasteiger partial charge on any atom is -0.467 e. The zero-order valence-corrected chi connectivity index (χ0v) is 33.8. The highest BCUT2D eigenvalue weighted by atomic mass is 16.7. The van der Waals surface area contributed by atoms with Gasteiger partial charge < -0.3 is 24.8 Å². The number of Topliss-reactive ketones (excluding diaryl/α,β-unsaturated/α-hetero) is 2. The molecule has 0 unspecified atom stereocenters. The number of rotatable bonds is 24. The second-order valence-electron chi connectivity index (χ2n) is 14.4. The summed E-state index contributed by atoms with van der Waals surface area (Å²) >= 11 is 0. The molecule has 0 bridgehead atoms. The zero-order valence-electron chi connectivity index (χ0n) is 33.8. The van der Waals surface area contributed by atoms with E-state index in [2.05, 4.69) is 35.9 Å². The Morgan fingerprint density at radius 2 is 1.49 bits per heavy atom. The largest absolute Gasteiger partial charge is 0.467 e. The first-order valence-electron chi connectivity index (χ1n) is 19.2. The molecule has 59 heavy (non-hydrogen) atoms. The number of hydrogen-bond acceptors (Lipinski definition) is 15. The molecule has 0 saturated carbocycles. The maximum Gasteiger partial charge on any atom is 0.328 e. The first-order chi connectivity index (χ1) is 28.0. The van der Waals surface area contributed by atoms with E-state index < -0.39 is 41.1 Å². The molecule has 3 aromatic rings. The molecule has 1 atom stereocenters. The van der Waals surface area contributed by atoms with Crippen LogP contribution in [0.4, 0.5) is 11.6 Å². The molecule has 1 aromatic carbocycles. The summed E-state index contributed by atoms with van der Waals surface area (Å²) in [7, 11) is 1.19. The van der Waals surface area contributed by atoms with Crippen LogP contribution in [0.2, 0.25) is 0 Å². The molecule has 4 rings (SSSR count). The summed E-state index contributed by atoms with van der Waals surface area (Å²) in [6, 6.07) is 5.35. The summed E-state index contributed by atoms with van der Waals surface area (Å²) in [5.41, 5.74) is 0.851. The summed E-state index contributed by atoms with van der Waals surface area (Å²) in [4.78, 5) is 114. The summed E-state index contributed by atoms with van der Waals surface area (Å²) in [5, 5.41) is 8.31. The third-order valence-electron chi connectivity index (χ3n) is 8.97. The first kappa shape index (κ1) is 45.5. The third-order valence-corrected chi connectivity index (χ3v) is 8.97. The van der Waals surface area contributed by atoms with Gasteiger partial charge in [0.25, 0.3) is 23.3 Å². The second kappa shape index (κ2) is 21.5. The van der Waals surface area contributed by atoms with E-state index >= 15 is 0 Å². The zero-order chi connectivity index (χ0) is 43.1. The Balaban J connectivity index is 1.14. The van der Waals surface area contributed by atoms with Crippen molar-refractivity contribution < 1.29 is 47.8 Å². The molecular weight excluding hydrogens is 768 g/mol. The van der Waals surface area contributed by atoms with Crippen molar-refractivity contribution >= 4 is 64.0 Å². The highest BCUT2D eigenvalue weighted by Crippen LogP contribution is 2.16. The quantitative estimate of drug-likeness (QED) is 0.0439. The number of aromatic amines is 1. The number of esters is 1. The number of carbonyl (C=O) groups is 7. The molecule has 1 aliphatic heterocycles. The second-order valence-corrected chi connectivity index (χ2v) is 14.4. The standard InChI is InChI=1S/C40H50N8O11/c1-24(2)35(53)46-39-45-34-33(37(55)47-39)43-27(23-42-34)22-41-26-12-10-25(11-13-26)36(54)44-30(38(56)57-5)15-14-28(49)8-6-20-58-40(3,4)59-21-7-9-29(50)18-19-48-31(51)16-17-32(48)52/h10-13,16-17,23-24,30,41H,6-9,14-15,18-22H2,1-5H3,(H,44,54)(H2,42,45,46,47,53,55)/t30-/m0/s1. The van der Waals surface area contributed by atoms with Crippen LogP contribution in [0.5, 0.6) is 0 Å². The van der Waals surface area contributed by atoms with E-state index in [1.807, 2.05) is 0 Å². The van der Waals surface area contributed by atoms with Crippen LogP contribution in [0.1, 0.15) is 88.7 Å². The predicted octanol–water partition coefficient (Wildman–Crippen LogP) is 2.75. The van der Waals surface area contributed by atoms with Gasteiger partial charge in [0.15, 0.2) is 17.0 Å². The molecule has 19 heteroatoms. The van der Waals surface area contributed by atoms with Crippen molar-refractivity contribution in [3.8, 4) is 0 Å². The lowest BCUT2D eigenvalue weighted by atomic mass is 10.1. The van der Waals surface area contributed by atoms with Crippen LogP contribution in [0.25, 0.3) is 11.2 Å². The summed E-state index contributed by atoms with van der Waals surface area (Å²) in [6.07, 6.45) is 5.17. The van der Waals surface area contributed by atoms with Crippen molar-refractivity contribution in [3.05, 3.63) is 64.2 Å². The molecule has 0 fully saturated rings. The first-order valence-corrected chi connectivity index (χ1v) is 19.2. The number of ketones is 2. The van der Waals surface area contributed by atoms with Crippen LogP contribution >= 0.6 is 0 Å². The Morgan fingerprint density at radius 1 is 0.864 bits per heavy atom. The fraction of sp³-hybridized carbons (Fsp3) is 0.475. The average molecular weight is 819 g/mol. The number of methoxy groups -OCH3 is 1. The van der Waals surface area contributed by atoms with Gasteiger partial charge in [-0.2, -0.15) is 4.98 Å². The minimum atomic E-state index is -1.06. The number of hydrogen-bond donors (Lipinski definition) is 4. The van der Waals surface area contributed by atoms with Gasteiger partial charge in [-0.3, -0.25) is 48.8 Å². The Morgan fingerprint density at radius 3 is 2.10 bits per heavy atom. The van der Waals surface area contributed by atoms with Crippen molar-refractivity contribution in [1.82, 2.24) is 30.2 Å². The molecule has 3 heterocycles. The van der Waals surface area contributed by atoms with E-state index in [0.717, 1.165) is 4.90 Å². The van der Waals surface area contributed by atoms with Crippen molar-refractivity contribution in [1.29, 1.82) is 0 Å². The number of amides is 4. The number of benzene rings is 1. The van der Waals surface area contributed by atoms with Gasteiger partial charge in [0.1, 0.15) is 17.6 Å². The molecule has 0 saturated heterocycles. The van der Waals surface area contributed by atoms with E-state index in [0.29, 0.717) is 24.2 Å². The summed E-state index contributed by atoms with van der Waals surface area (Å²) < 4.78 is 16.4. The topological polar surface area (TPSA) is 258 Å². The molecule has 2 aromatic heterocycles. The van der Waals surface area contributed by atoms with Gasteiger partial charge in [-0.1, -0.05) is 13.8 Å². The molecule has 4 amide bonds. The number of H-pyrrole nitrogens is 1. The fourth-order valence-electron chi connectivity index (χ4n) is 5.58. The third kappa shape index (κ3) is 14.3. The van der Waals surface area contributed by atoms with Gasteiger partial charge in [-0.25, -0.2) is 14.8 Å². The van der Waals surface area contributed by atoms with Crippen LogP contribution in [-0.2, 0) is 49.5 Å². The molecule has 19 nitrogen and oxygen atoms in total. The molecule has 316 valence electrons. The van der Waals surface area contributed by atoms with Crippen LogP contribution in [0.15, 0.2) is 47.4 Å². The van der Waals surface area contributed by atoms with Gasteiger partial charge in [-0.05, 0) is 57.4 Å². The van der Waals surface area contributed by atoms with Crippen LogP contribution < -0.4 is 21.5 Å². The lowest BCUT2D eigenvalue weighted by Gasteiger charge is -2.25. The number of anilines is 2. The Kier molecular flexibility index (Phi) is 16.6. The lowest BCUT2D eigenvalue weighted by Crippen LogP contribution is -2.41. The average Bonchev–Trinajstić information content (AvgIpc) is 3.53. The minimum absolute atomic E-state index is 0.00515. The maximum atomic E-state index is 13.0. The van der Waals surface area contributed by atoms with E-state index in [1.165, 1.54) is 25.5 Å². The Labute approximate surface area is 340 Å². The maximum absolute atomic E-state index is 13.0. The SMILES string of the molecule is COC(=O)[C@H](CCC(=O)CCCOC(C)(C)OCCCC(=O)CCN1C(=O)C=CC1=O)NC(=O)c1ccc(NCc2cnc3nc(NC(=O)C(C)C)[nH]c(=O)c3n2)cc1. The summed E-state index contributed by atoms with van der Waals surface area (Å²) in [6.45, 7) is 7.57. The monoisotopic (exact) mass is 818 g/mol. The van der Waals surface area contributed by atoms with E-state index in [-0.39, 0.29) is 104 Å². The number of nitrogens with zero attached hydrogens (tertiary/aromatic N) is 4. The highest BCUT2D eigenvalue weighted by molar-refractivity contribution is 6.13. The highest BCUT2D eigenvalue weighted by Gasteiger charge is 2.25. The Hall–Kier alpha value is -6.21. The van der Waals surface area contributed by atoms with Crippen molar-refractivity contribution in [2.75, 3.05) is 37.5 Å². The number of fused-ring (bicyclic) bond motifs is 1. The van der Waals surface area contributed by atoms with Crippen LogP contribution in [-0.4, -0.2) is 105 Å².